The van der Waals surface area contributed by atoms with Gasteiger partial charge in [-0.25, -0.2) is 0 Å². The van der Waals surface area contributed by atoms with Crippen molar-refractivity contribution in [2.45, 2.75) is 44.7 Å². The predicted molar refractivity (Wildman–Crippen MR) is 141 cm³/mol. The zero-order chi connectivity index (χ0) is 24.3. The third-order valence-electron chi connectivity index (χ3n) is 5.66. The van der Waals surface area contributed by atoms with Gasteiger partial charge in [0.15, 0.2) is 0 Å². The molecular weight excluding hydrogens is 440 g/mol. The van der Waals surface area contributed by atoms with Crippen LogP contribution < -0.4 is 5.32 Å². The third-order valence-corrected chi connectivity index (χ3v) is 6.66. The van der Waals surface area contributed by atoms with Crippen LogP contribution >= 0.6 is 11.8 Å². The Labute approximate surface area is 207 Å². The molecule has 0 aliphatic carbocycles. The van der Waals surface area contributed by atoms with Gasteiger partial charge in [-0.15, -0.1) is 11.8 Å². The zero-order valence-electron chi connectivity index (χ0n) is 20.2. The van der Waals surface area contributed by atoms with Crippen molar-refractivity contribution in [2.75, 3.05) is 12.3 Å². The molecule has 1 N–H and O–H groups in total. The summed E-state index contributed by atoms with van der Waals surface area (Å²) in [6.07, 6.45) is 0.471. The first-order chi connectivity index (χ1) is 16.4. The van der Waals surface area contributed by atoms with E-state index >= 15 is 0 Å². The van der Waals surface area contributed by atoms with Crippen molar-refractivity contribution in [2.24, 2.45) is 5.92 Å². The summed E-state index contributed by atoms with van der Waals surface area (Å²) in [6, 6.07) is 27.3. The van der Waals surface area contributed by atoms with E-state index in [-0.39, 0.29) is 17.6 Å². The fourth-order valence-electron chi connectivity index (χ4n) is 3.69. The summed E-state index contributed by atoms with van der Waals surface area (Å²) in [4.78, 5) is 29.9. The Hall–Kier alpha value is -3.05. The lowest BCUT2D eigenvalue weighted by atomic mass is 10.0. The van der Waals surface area contributed by atoms with Crippen molar-refractivity contribution in [3.63, 3.8) is 0 Å². The highest BCUT2D eigenvalue weighted by Gasteiger charge is 2.30. The number of amides is 2. The Bertz CT molecular complexity index is 1050. The van der Waals surface area contributed by atoms with Crippen LogP contribution in [0.2, 0.25) is 0 Å². The second-order valence-electron chi connectivity index (χ2n) is 8.89. The van der Waals surface area contributed by atoms with Gasteiger partial charge in [-0.3, -0.25) is 9.59 Å². The molecule has 0 aromatic heterocycles. The number of hydrogen-bond acceptors (Lipinski definition) is 3. The van der Waals surface area contributed by atoms with E-state index in [9.17, 15) is 9.59 Å². The number of nitrogens with one attached hydrogen (secondary N) is 1. The van der Waals surface area contributed by atoms with E-state index in [4.69, 9.17) is 0 Å². The van der Waals surface area contributed by atoms with Gasteiger partial charge in [0, 0.05) is 24.4 Å². The highest BCUT2D eigenvalue weighted by molar-refractivity contribution is 8.00. The van der Waals surface area contributed by atoms with Gasteiger partial charge in [0.1, 0.15) is 6.04 Å². The van der Waals surface area contributed by atoms with E-state index in [2.05, 4.69) is 19.2 Å². The van der Waals surface area contributed by atoms with Crippen molar-refractivity contribution in [1.29, 1.82) is 0 Å². The largest absolute Gasteiger partial charge is 0.354 e. The molecule has 34 heavy (non-hydrogen) atoms. The van der Waals surface area contributed by atoms with Crippen LogP contribution in [0.4, 0.5) is 0 Å². The second kappa shape index (κ2) is 13.0. The molecule has 4 nitrogen and oxygen atoms in total. The molecule has 0 bridgehead atoms. The molecule has 0 aliphatic heterocycles. The van der Waals surface area contributed by atoms with Gasteiger partial charge in [0.25, 0.3) is 0 Å². The van der Waals surface area contributed by atoms with Crippen LogP contribution in [0.1, 0.15) is 30.5 Å². The van der Waals surface area contributed by atoms with Crippen LogP contribution in [0.3, 0.4) is 0 Å². The molecule has 0 heterocycles. The van der Waals surface area contributed by atoms with Crippen molar-refractivity contribution in [1.82, 2.24) is 10.2 Å². The molecule has 0 saturated heterocycles. The van der Waals surface area contributed by atoms with Gasteiger partial charge in [-0.2, -0.15) is 0 Å². The zero-order valence-corrected chi connectivity index (χ0v) is 21.1. The smallest absolute Gasteiger partial charge is 0.243 e. The summed E-state index contributed by atoms with van der Waals surface area (Å²) in [5.74, 6) is 0.455. The number of rotatable bonds is 11. The molecule has 0 aliphatic rings. The van der Waals surface area contributed by atoms with Crippen molar-refractivity contribution in [3.05, 3.63) is 102 Å². The highest BCUT2D eigenvalue weighted by atomic mass is 32.2. The lowest BCUT2D eigenvalue weighted by Gasteiger charge is -2.32. The Morgan fingerprint density at radius 2 is 1.50 bits per heavy atom. The van der Waals surface area contributed by atoms with Crippen molar-refractivity contribution < 1.29 is 9.59 Å². The van der Waals surface area contributed by atoms with E-state index in [0.29, 0.717) is 25.4 Å². The minimum Gasteiger partial charge on any atom is -0.354 e. The maximum absolute atomic E-state index is 13.6. The number of carbonyl (C=O) groups is 2. The number of carbonyl (C=O) groups excluding carboxylic acids is 2. The van der Waals surface area contributed by atoms with Crippen LogP contribution in [0.15, 0.2) is 89.8 Å². The van der Waals surface area contributed by atoms with Crippen molar-refractivity contribution >= 4 is 23.6 Å². The van der Waals surface area contributed by atoms with Crippen molar-refractivity contribution in [3.8, 4) is 0 Å². The normalized spacial score (nSPS) is 11.8. The first-order valence-corrected chi connectivity index (χ1v) is 12.8. The number of aryl methyl sites for hydroxylation is 1. The van der Waals surface area contributed by atoms with Gasteiger partial charge in [0.2, 0.25) is 11.8 Å². The third kappa shape index (κ3) is 7.77. The average molecular weight is 475 g/mol. The molecule has 0 fully saturated rings. The molecule has 0 spiro atoms. The van der Waals surface area contributed by atoms with E-state index < -0.39 is 6.04 Å². The lowest BCUT2D eigenvalue weighted by molar-refractivity contribution is -0.139. The molecule has 178 valence electrons. The Morgan fingerprint density at radius 3 is 2.15 bits per heavy atom. The first-order valence-electron chi connectivity index (χ1n) is 11.8. The fraction of sp³-hybridized carbons (Fsp3) is 0.310. The minimum absolute atomic E-state index is 0.0438. The van der Waals surface area contributed by atoms with Crippen LogP contribution in [0, 0.1) is 12.8 Å². The average Bonchev–Trinajstić information content (AvgIpc) is 2.85. The summed E-state index contributed by atoms with van der Waals surface area (Å²) >= 11 is 1.50. The van der Waals surface area contributed by atoms with Crippen LogP contribution in [-0.2, 0) is 22.6 Å². The molecule has 3 aromatic carbocycles. The predicted octanol–water partition coefficient (Wildman–Crippen LogP) is 5.50. The maximum Gasteiger partial charge on any atom is 0.243 e. The van der Waals surface area contributed by atoms with Gasteiger partial charge in [-0.05, 0) is 41.7 Å². The van der Waals surface area contributed by atoms with E-state index in [1.54, 1.807) is 4.90 Å². The maximum atomic E-state index is 13.6. The van der Waals surface area contributed by atoms with Crippen LogP contribution in [0.25, 0.3) is 0 Å². The number of hydrogen-bond donors (Lipinski definition) is 1. The SMILES string of the molecule is Cc1ccccc1CN(C(=O)CSc1ccccc1)[C@H](Cc1ccccc1)C(=O)NCC(C)C. The minimum atomic E-state index is -0.593. The summed E-state index contributed by atoms with van der Waals surface area (Å²) in [5.41, 5.74) is 3.19. The van der Waals surface area contributed by atoms with Gasteiger partial charge in [-0.1, -0.05) is 86.6 Å². The van der Waals surface area contributed by atoms with E-state index in [0.717, 1.165) is 21.6 Å². The standard InChI is InChI=1S/C29H34N2O2S/c1-22(2)19-30-29(33)27(18-24-13-6-4-7-14-24)31(20-25-15-11-10-12-23(25)3)28(32)21-34-26-16-8-5-9-17-26/h4-17,22,27H,18-21H2,1-3H3,(H,30,33)/t27-/m1/s1. The molecule has 5 heteroatoms. The summed E-state index contributed by atoms with van der Waals surface area (Å²) < 4.78 is 0. The van der Waals surface area contributed by atoms with Crippen LogP contribution in [-0.4, -0.2) is 35.1 Å². The summed E-state index contributed by atoms with van der Waals surface area (Å²) in [6.45, 7) is 7.16. The highest BCUT2D eigenvalue weighted by Crippen LogP contribution is 2.21. The molecule has 3 rings (SSSR count). The van der Waals surface area contributed by atoms with Gasteiger partial charge < -0.3 is 10.2 Å². The molecule has 1 atom stereocenters. The van der Waals surface area contributed by atoms with E-state index in [1.165, 1.54) is 11.8 Å². The molecule has 0 radical (unpaired) electrons. The molecular formula is C29H34N2O2S. The number of thioether (sulfide) groups is 1. The quantitative estimate of drug-likeness (QED) is 0.373. The monoisotopic (exact) mass is 474 g/mol. The van der Waals surface area contributed by atoms with Gasteiger partial charge >= 0.3 is 0 Å². The molecule has 0 saturated carbocycles. The first kappa shape index (κ1) is 25.6. The number of benzene rings is 3. The lowest BCUT2D eigenvalue weighted by Crippen LogP contribution is -2.51. The van der Waals surface area contributed by atoms with Gasteiger partial charge in [0.05, 0.1) is 5.75 Å². The Morgan fingerprint density at radius 1 is 0.882 bits per heavy atom. The Balaban J connectivity index is 1.90. The molecule has 2 amide bonds. The molecule has 0 unspecified atom stereocenters. The number of nitrogens with zero attached hydrogens (tertiary/aromatic N) is 1. The summed E-state index contributed by atoms with van der Waals surface area (Å²) in [7, 11) is 0. The topological polar surface area (TPSA) is 49.4 Å². The molecule has 3 aromatic rings. The summed E-state index contributed by atoms with van der Waals surface area (Å²) in [5, 5.41) is 3.07. The van der Waals surface area contributed by atoms with Crippen LogP contribution in [0.5, 0.6) is 0 Å². The fourth-order valence-corrected chi connectivity index (χ4v) is 4.50. The second-order valence-corrected chi connectivity index (χ2v) is 9.94. The Kier molecular flexibility index (Phi) is 9.77. The van der Waals surface area contributed by atoms with E-state index in [1.807, 2.05) is 91.9 Å².